The molecule has 0 aliphatic carbocycles. The molecule has 0 bridgehead atoms. The fourth-order valence-corrected chi connectivity index (χ4v) is 1.87. The molecule has 9 heteroatoms. The van der Waals surface area contributed by atoms with E-state index in [1.807, 2.05) is 0 Å². The van der Waals surface area contributed by atoms with Gasteiger partial charge in [0, 0.05) is 17.2 Å². The maximum atomic E-state index is 12.5. The minimum Gasteiger partial charge on any atom is -0.494 e. The third kappa shape index (κ3) is 2.94. The molecule has 2 aromatic rings. The second kappa shape index (κ2) is 5.28. The van der Waals surface area contributed by atoms with Crippen molar-refractivity contribution < 1.29 is 17.9 Å². The number of ether oxygens (including phenoxy) is 1. The summed E-state index contributed by atoms with van der Waals surface area (Å²) in [5.74, 6) is 0.0786. The van der Waals surface area contributed by atoms with E-state index in [9.17, 15) is 22.8 Å². The lowest BCUT2D eigenvalue weighted by Gasteiger charge is -2.12. The zero-order chi connectivity index (χ0) is 15.8. The summed E-state index contributed by atoms with van der Waals surface area (Å²) in [4.78, 5) is 25.2. The van der Waals surface area contributed by atoms with Gasteiger partial charge in [-0.15, -0.1) is 0 Å². The molecule has 0 spiro atoms. The van der Waals surface area contributed by atoms with Crippen molar-refractivity contribution in [2.75, 3.05) is 7.11 Å². The standard InChI is InChI=1S/C12H8ClF3N2O3/c1-21-8-4-6(13)2-3-7(8)18-10(19)5-9(12(14,15)16)17-11(18)20/h2-5H,1H3,(H,17,20). The van der Waals surface area contributed by atoms with Crippen molar-refractivity contribution in [3.05, 3.63) is 55.8 Å². The highest BCUT2D eigenvalue weighted by molar-refractivity contribution is 6.30. The van der Waals surface area contributed by atoms with Gasteiger partial charge in [0.15, 0.2) is 0 Å². The highest BCUT2D eigenvalue weighted by Gasteiger charge is 2.33. The van der Waals surface area contributed by atoms with Crippen LogP contribution in [0.3, 0.4) is 0 Å². The number of nitrogens with one attached hydrogen (secondary N) is 1. The van der Waals surface area contributed by atoms with Crippen molar-refractivity contribution in [2.45, 2.75) is 6.18 Å². The predicted octanol–water partition coefficient (Wildman–Crippen LogP) is 2.21. The molecule has 0 unspecified atom stereocenters. The van der Waals surface area contributed by atoms with Gasteiger partial charge in [0.1, 0.15) is 11.4 Å². The number of hydrogen-bond acceptors (Lipinski definition) is 3. The van der Waals surface area contributed by atoms with E-state index in [1.165, 1.54) is 25.3 Å². The second-order valence-corrected chi connectivity index (χ2v) is 4.41. The van der Waals surface area contributed by atoms with E-state index < -0.39 is 23.1 Å². The first-order valence-electron chi connectivity index (χ1n) is 5.51. The molecule has 0 radical (unpaired) electrons. The lowest BCUT2D eigenvalue weighted by Crippen LogP contribution is -2.36. The molecule has 0 amide bonds. The average molecular weight is 321 g/mol. The van der Waals surface area contributed by atoms with Crippen molar-refractivity contribution in [1.82, 2.24) is 9.55 Å². The zero-order valence-electron chi connectivity index (χ0n) is 10.5. The molecule has 1 N–H and O–H groups in total. The summed E-state index contributed by atoms with van der Waals surface area (Å²) in [6, 6.07) is 4.31. The molecule has 112 valence electrons. The Labute approximate surface area is 120 Å². The van der Waals surface area contributed by atoms with Gasteiger partial charge in [0.25, 0.3) is 5.56 Å². The maximum absolute atomic E-state index is 12.5. The van der Waals surface area contributed by atoms with Gasteiger partial charge in [-0.25, -0.2) is 9.36 Å². The number of aromatic amines is 1. The summed E-state index contributed by atoms with van der Waals surface area (Å²) in [6.07, 6.45) is -4.82. The smallest absolute Gasteiger partial charge is 0.431 e. The number of H-pyrrole nitrogens is 1. The topological polar surface area (TPSA) is 64.1 Å². The summed E-state index contributed by atoms with van der Waals surface area (Å²) in [5.41, 5.74) is -3.79. The van der Waals surface area contributed by atoms with Gasteiger partial charge in [0.2, 0.25) is 0 Å². The van der Waals surface area contributed by atoms with Crippen molar-refractivity contribution in [3.63, 3.8) is 0 Å². The second-order valence-electron chi connectivity index (χ2n) is 3.98. The minimum absolute atomic E-state index is 0.0122. The van der Waals surface area contributed by atoms with E-state index >= 15 is 0 Å². The molecule has 1 aromatic heterocycles. The third-order valence-electron chi connectivity index (χ3n) is 2.62. The van der Waals surface area contributed by atoms with Gasteiger partial charge in [-0.05, 0) is 12.1 Å². The van der Waals surface area contributed by atoms with Crippen LogP contribution < -0.4 is 16.0 Å². The number of aromatic nitrogens is 2. The Bertz CT molecular complexity index is 764. The SMILES string of the molecule is COc1cc(Cl)ccc1-n1c(=O)cc(C(F)(F)F)[nH]c1=O. The van der Waals surface area contributed by atoms with Gasteiger partial charge in [0.05, 0.1) is 12.8 Å². The Morgan fingerprint density at radius 1 is 1.24 bits per heavy atom. The molecule has 0 aliphatic rings. The molecule has 0 fully saturated rings. The van der Waals surface area contributed by atoms with E-state index in [0.717, 1.165) is 0 Å². The van der Waals surface area contributed by atoms with Gasteiger partial charge < -0.3 is 9.72 Å². The first kappa shape index (κ1) is 15.2. The maximum Gasteiger partial charge on any atom is 0.431 e. The summed E-state index contributed by atoms with van der Waals surface area (Å²) in [7, 11) is 1.28. The molecule has 1 heterocycles. The zero-order valence-corrected chi connectivity index (χ0v) is 11.2. The number of alkyl halides is 3. The fraction of sp³-hybridized carbons (Fsp3) is 0.167. The molecule has 5 nitrogen and oxygen atoms in total. The monoisotopic (exact) mass is 320 g/mol. The molecule has 0 atom stereocenters. The van der Waals surface area contributed by atoms with E-state index in [0.29, 0.717) is 10.6 Å². The van der Waals surface area contributed by atoms with Crippen LogP contribution in [0.4, 0.5) is 13.2 Å². The van der Waals surface area contributed by atoms with Crippen LogP contribution in [0.25, 0.3) is 5.69 Å². The van der Waals surface area contributed by atoms with Gasteiger partial charge in [-0.1, -0.05) is 11.6 Å². The summed E-state index contributed by atoms with van der Waals surface area (Å²) < 4.78 is 43.1. The molecular weight excluding hydrogens is 313 g/mol. The van der Waals surface area contributed by atoms with Crippen LogP contribution in [0.15, 0.2) is 33.9 Å². The van der Waals surface area contributed by atoms with Crippen molar-refractivity contribution in [3.8, 4) is 11.4 Å². The largest absolute Gasteiger partial charge is 0.494 e. The van der Waals surface area contributed by atoms with Crippen LogP contribution in [-0.4, -0.2) is 16.7 Å². The van der Waals surface area contributed by atoms with E-state index in [2.05, 4.69) is 0 Å². The van der Waals surface area contributed by atoms with Crippen LogP contribution in [0.1, 0.15) is 5.69 Å². The average Bonchev–Trinajstić information content (AvgIpc) is 2.38. The number of hydrogen-bond donors (Lipinski definition) is 1. The number of rotatable bonds is 2. The quantitative estimate of drug-likeness (QED) is 0.922. The molecule has 2 rings (SSSR count). The number of nitrogens with zero attached hydrogens (tertiary/aromatic N) is 1. The van der Waals surface area contributed by atoms with Crippen LogP contribution in [0, 0.1) is 0 Å². The normalized spacial score (nSPS) is 11.5. The minimum atomic E-state index is -4.82. The van der Waals surface area contributed by atoms with Crippen LogP contribution in [-0.2, 0) is 6.18 Å². The number of halogens is 4. The summed E-state index contributed by atoms with van der Waals surface area (Å²) >= 11 is 5.75. The lowest BCUT2D eigenvalue weighted by atomic mass is 10.3. The summed E-state index contributed by atoms with van der Waals surface area (Å²) in [6.45, 7) is 0. The van der Waals surface area contributed by atoms with Crippen molar-refractivity contribution in [1.29, 1.82) is 0 Å². The molecule has 0 aliphatic heterocycles. The number of benzene rings is 1. The van der Waals surface area contributed by atoms with Gasteiger partial charge in [-0.3, -0.25) is 4.79 Å². The van der Waals surface area contributed by atoms with Crippen LogP contribution >= 0.6 is 11.6 Å². The van der Waals surface area contributed by atoms with Crippen molar-refractivity contribution >= 4 is 11.6 Å². The van der Waals surface area contributed by atoms with Gasteiger partial charge in [-0.2, -0.15) is 13.2 Å². The van der Waals surface area contributed by atoms with E-state index in [4.69, 9.17) is 16.3 Å². The molecule has 21 heavy (non-hydrogen) atoms. The highest BCUT2D eigenvalue weighted by Crippen LogP contribution is 2.27. The number of methoxy groups -OCH3 is 1. The predicted molar refractivity (Wildman–Crippen MR) is 69.2 cm³/mol. The molecule has 1 aromatic carbocycles. The first-order valence-corrected chi connectivity index (χ1v) is 5.89. The Morgan fingerprint density at radius 3 is 2.43 bits per heavy atom. The van der Waals surface area contributed by atoms with Crippen molar-refractivity contribution in [2.24, 2.45) is 0 Å². The van der Waals surface area contributed by atoms with E-state index in [1.54, 1.807) is 4.98 Å². The Morgan fingerprint density at radius 2 is 1.90 bits per heavy atom. The fourth-order valence-electron chi connectivity index (χ4n) is 1.71. The highest BCUT2D eigenvalue weighted by atomic mass is 35.5. The first-order chi connectivity index (χ1) is 9.74. The molecule has 0 saturated carbocycles. The molecular formula is C12H8ClF3N2O3. The Balaban J connectivity index is 2.72. The lowest BCUT2D eigenvalue weighted by molar-refractivity contribution is -0.141. The van der Waals surface area contributed by atoms with E-state index in [-0.39, 0.29) is 16.5 Å². The van der Waals surface area contributed by atoms with Crippen LogP contribution in [0.5, 0.6) is 5.75 Å². The molecule has 0 saturated heterocycles. The third-order valence-corrected chi connectivity index (χ3v) is 2.86. The van der Waals surface area contributed by atoms with Gasteiger partial charge >= 0.3 is 11.9 Å². The summed E-state index contributed by atoms with van der Waals surface area (Å²) in [5, 5.41) is 0.284. The Kier molecular flexibility index (Phi) is 3.82. The Hall–Kier alpha value is -2.22. The van der Waals surface area contributed by atoms with Crippen LogP contribution in [0.2, 0.25) is 5.02 Å².